The molecule has 2 fully saturated rings. The van der Waals surface area contributed by atoms with E-state index in [1.54, 1.807) is 0 Å². The Morgan fingerprint density at radius 1 is 0.789 bits per heavy atom. The third-order valence-electron chi connectivity index (χ3n) is 7.33. The van der Waals surface area contributed by atoms with Crippen LogP contribution in [0.1, 0.15) is 80.1 Å². The van der Waals surface area contributed by atoms with Crippen LogP contribution in [0, 0.1) is 5.41 Å². The summed E-state index contributed by atoms with van der Waals surface area (Å²) in [7, 11) is 0. The van der Waals surface area contributed by atoms with Gasteiger partial charge in [-0.25, -0.2) is 0 Å². The third-order valence-corrected chi connectivity index (χ3v) is 7.33. The zero-order valence-corrected chi connectivity index (χ0v) is 24.7. The molecule has 0 aromatic heterocycles. The molecule has 2 saturated heterocycles. The molecule has 0 unspecified atom stereocenters. The van der Waals surface area contributed by atoms with Crippen molar-refractivity contribution in [3.05, 3.63) is 0 Å². The Kier molecular flexibility index (Phi) is 13.9. The number of nitrogens with zero attached hydrogens (tertiary/aromatic N) is 1. The van der Waals surface area contributed by atoms with Gasteiger partial charge in [0.2, 0.25) is 0 Å². The first kappa shape index (κ1) is 33.4. The molecule has 1 spiro atoms. The van der Waals surface area contributed by atoms with E-state index in [1.807, 2.05) is 27.7 Å². The molecule has 0 amide bonds. The summed E-state index contributed by atoms with van der Waals surface area (Å²) in [5, 5.41) is 12.0. The molecule has 0 aliphatic carbocycles. The summed E-state index contributed by atoms with van der Waals surface area (Å²) < 4.78 is 40.1. The van der Waals surface area contributed by atoms with E-state index in [-0.39, 0.29) is 31.0 Å². The van der Waals surface area contributed by atoms with Crippen LogP contribution >= 0.6 is 0 Å². The van der Waals surface area contributed by atoms with Crippen molar-refractivity contribution in [2.45, 2.75) is 96.9 Å². The number of ether oxygens (including phenoxy) is 7. The molecule has 0 saturated carbocycles. The molecule has 10 nitrogen and oxygen atoms in total. The Bertz CT molecular complexity index is 657. The van der Waals surface area contributed by atoms with Crippen LogP contribution in [0.2, 0.25) is 0 Å². The van der Waals surface area contributed by atoms with Gasteiger partial charge in [0.25, 0.3) is 0 Å². The predicted octanol–water partition coefficient (Wildman–Crippen LogP) is 3.97. The van der Waals surface area contributed by atoms with E-state index >= 15 is 0 Å². The summed E-state index contributed by atoms with van der Waals surface area (Å²) in [6, 6.07) is 0. The van der Waals surface area contributed by atoms with Crippen LogP contribution in [0.3, 0.4) is 0 Å². The van der Waals surface area contributed by atoms with Gasteiger partial charge in [0.1, 0.15) is 6.61 Å². The van der Waals surface area contributed by atoms with Gasteiger partial charge in [0.05, 0.1) is 71.3 Å². The number of esters is 1. The van der Waals surface area contributed by atoms with Crippen LogP contribution in [-0.2, 0) is 38.0 Å². The molecule has 0 atom stereocenters. The first-order chi connectivity index (χ1) is 18.0. The highest BCUT2D eigenvalue weighted by atomic mass is 16.7. The molecular weight excluding hydrogens is 494 g/mol. The zero-order valence-electron chi connectivity index (χ0n) is 24.7. The summed E-state index contributed by atoms with van der Waals surface area (Å²) in [6.45, 7) is 17.4. The second-order valence-corrected chi connectivity index (χ2v) is 11.8. The van der Waals surface area contributed by atoms with E-state index in [2.05, 4.69) is 13.8 Å². The van der Waals surface area contributed by atoms with Gasteiger partial charge < -0.3 is 38.4 Å². The average molecular weight is 548 g/mol. The van der Waals surface area contributed by atoms with Gasteiger partial charge in [0, 0.05) is 30.5 Å². The highest BCUT2D eigenvalue weighted by Gasteiger charge is 2.56. The number of carbonyl (C=O) groups is 1. The number of rotatable bonds is 18. The highest BCUT2D eigenvalue weighted by Crippen LogP contribution is 2.48. The number of hydrogen-bond donors (Lipinski definition) is 1. The molecule has 2 aliphatic rings. The van der Waals surface area contributed by atoms with E-state index in [9.17, 15) is 10.0 Å². The van der Waals surface area contributed by atoms with Gasteiger partial charge in [-0.15, -0.1) is 0 Å². The maximum atomic E-state index is 12.3. The number of hydroxylamine groups is 2. The van der Waals surface area contributed by atoms with Crippen molar-refractivity contribution in [2.75, 3.05) is 72.7 Å². The van der Waals surface area contributed by atoms with Crippen LogP contribution in [0.4, 0.5) is 0 Å². The number of piperidine rings is 1. The Balaban J connectivity index is 1.55. The Labute approximate surface area is 229 Å². The maximum Gasteiger partial charge on any atom is 0.308 e. The Hall–Kier alpha value is -0.850. The lowest BCUT2D eigenvalue weighted by Crippen LogP contribution is -2.67. The maximum absolute atomic E-state index is 12.3. The number of carbonyl (C=O) groups excluding carboxylic acids is 1. The second kappa shape index (κ2) is 15.8. The van der Waals surface area contributed by atoms with Gasteiger partial charge in [-0.1, -0.05) is 20.3 Å². The van der Waals surface area contributed by atoms with Gasteiger partial charge in [0.15, 0.2) is 5.79 Å². The van der Waals surface area contributed by atoms with E-state index in [0.29, 0.717) is 65.7 Å². The molecular formula is C28H53NO9. The van der Waals surface area contributed by atoms with Crippen molar-refractivity contribution in [1.82, 2.24) is 5.06 Å². The molecule has 0 radical (unpaired) electrons. The minimum Gasteiger partial charge on any atom is -0.465 e. The normalized spacial score (nSPS) is 22.0. The lowest BCUT2D eigenvalue weighted by molar-refractivity contribution is -0.375. The molecule has 10 heteroatoms. The van der Waals surface area contributed by atoms with Crippen molar-refractivity contribution in [3.8, 4) is 0 Å². The zero-order chi connectivity index (χ0) is 28.1. The molecule has 0 aromatic rings. The molecule has 224 valence electrons. The minimum atomic E-state index is -0.750. The van der Waals surface area contributed by atoms with Crippen LogP contribution in [-0.4, -0.2) is 106 Å². The van der Waals surface area contributed by atoms with E-state index in [0.717, 1.165) is 25.9 Å². The summed E-state index contributed by atoms with van der Waals surface area (Å²) >= 11 is 0. The lowest BCUT2D eigenvalue weighted by Gasteiger charge is -2.58. The Morgan fingerprint density at radius 2 is 1.26 bits per heavy atom. The monoisotopic (exact) mass is 547 g/mol. The summed E-state index contributed by atoms with van der Waals surface area (Å²) in [5.74, 6) is -1.05. The van der Waals surface area contributed by atoms with E-state index in [1.165, 1.54) is 5.06 Å². The summed E-state index contributed by atoms with van der Waals surface area (Å²) in [6.07, 6.45) is 4.27. The first-order valence-electron chi connectivity index (χ1n) is 14.2. The second-order valence-electron chi connectivity index (χ2n) is 11.8. The van der Waals surface area contributed by atoms with E-state index in [4.69, 9.17) is 33.2 Å². The standard InChI is InChI=1S/C28H53NO9/c1-7-9-11-32-13-15-34-17-18-35-16-14-33-12-10-24(30)36-21-27(8-2)22-37-28(38-23-27)19-25(3,4)29(31)26(5,6)20-28/h31H,7-23H2,1-6H3. The smallest absolute Gasteiger partial charge is 0.308 e. The van der Waals surface area contributed by atoms with E-state index < -0.39 is 16.9 Å². The minimum absolute atomic E-state index is 0.182. The summed E-state index contributed by atoms with van der Waals surface area (Å²) in [4.78, 5) is 12.3. The van der Waals surface area contributed by atoms with Crippen molar-refractivity contribution >= 4 is 5.97 Å². The fourth-order valence-corrected chi connectivity index (χ4v) is 5.07. The largest absolute Gasteiger partial charge is 0.465 e. The average Bonchev–Trinajstić information content (AvgIpc) is 2.87. The quantitative estimate of drug-likeness (QED) is 0.200. The molecule has 2 aliphatic heterocycles. The molecule has 38 heavy (non-hydrogen) atoms. The van der Waals surface area contributed by atoms with Gasteiger partial charge >= 0.3 is 5.97 Å². The van der Waals surface area contributed by atoms with Gasteiger partial charge in [-0.3, -0.25) is 4.79 Å². The molecule has 1 N–H and O–H groups in total. The van der Waals surface area contributed by atoms with Crippen molar-refractivity contribution < 1.29 is 43.2 Å². The fraction of sp³-hybridized carbons (Fsp3) is 0.964. The predicted molar refractivity (Wildman–Crippen MR) is 142 cm³/mol. The molecule has 2 rings (SSSR count). The molecule has 0 bridgehead atoms. The van der Waals surface area contributed by atoms with Crippen LogP contribution < -0.4 is 0 Å². The fourth-order valence-electron chi connectivity index (χ4n) is 5.07. The van der Waals surface area contributed by atoms with Crippen molar-refractivity contribution in [3.63, 3.8) is 0 Å². The lowest BCUT2D eigenvalue weighted by atomic mass is 9.76. The van der Waals surface area contributed by atoms with Gasteiger partial charge in [-0.05, 0) is 40.5 Å². The molecule has 0 aromatic carbocycles. The summed E-state index contributed by atoms with van der Waals surface area (Å²) in [5.41, 5.74) is -1.35. The van der Waals surface area contributed by atoms with Crippen LogP contribution in [0.5, 0.6) is 0 Å². The SMILES string of the molecule is CCCCOCCOCCOCCOCCC(=O)OCC1(CC)COC2(CC(C)(C)N(O)C(C)(C)C2)OC1. The molecule has 2 heterocycles. The number of hydrogen-bond acceptors (Lipinski definition) is 10. The van der Waals surface area contributed by atoms with Crippen molar-refractivity contribution in [2.24, 2.45) is 5.41 Å². The highest BCUT2D eigenvalue weighted by molar-refractivity contribution is 5.69. The van der Waals surface area contributed by atoms with Crippen LogP contribution in [0.25, 0.3) is 0 Å². The first-order valence-corrected chi connectivity index (χ1v) is 14.2. The third kappa shape index (κ3) is 10.6. The van der Waals surface area contributed by atoms with Crippen LogP contribution in [0.15, 0.2) is 0 Å². The van der Waals surface area contributed by atoms with Crippen molar-refractivity contribution in [1.29, 1.82) is 0 Å². The number of unbranched alkanes of at least 4 members (excludes halogenated alkanes) is 1. The van der Waals surface area contributed by atoms with Gasteiger partial charge in [-0.2, -0.15) is 5.06 Å². The Morgan fingerprint density at radius 3 is 1.74 bits per heavy atom. The topological polar surface area (TPSA) is 105 Å².